The quantitative estimate of drug-likeness (QED) is 0.518. The zero-order chi connectivity index (χ0) is 15.9. The second-order valence-electron chi connectivity index (χ2n) is 4.36. The summed E-state index contributed by atoms with van der Waals surface area (Å²) in [6, 6.07) is 15.7. The molecule has 0 radical (unpaired) electrons. The number of hydrogen-bond acceptors (Lipinski definition) is 4. The Labute approximate surface area is 133 Å². The maximum Gasteiger partial charge on any atom is 0.308 e. The van der Waals surface area contributed by atoms with E-state index < -0.39 is 11.9 Å². The molecule has 0 fully saturated rings. The van der Waals surface area contributed by atoms with Crippen LogP contribution in [0.25, 0.3) is 0 Å². The van der Waals surface area contributed by atoms with Crippen molar-refractivity contribution in [3.05, 3.63) is 60.2 Å². The Hall–Kier alpha value is -2.73. The van der Waals surface area contributed by atoms with Crippen LogP contribution < -0.4 is 15.4 Å². The van der Waals surface area contributed by atoms with Gasteiger partial charge >= 0.3 is 5.97 Å². The number of carbonyl (C=O) groups is 2. The normalized spacial score (nSPS) is 9.68. The minimum Gasteiger partial charge on any atom is -0.426 e. The molecule has 0 saturated heterocycles. The standard InChI is InChI=1S/C16H14N2O3S/c1-11(19)21-14-10-6-5-9-13(14)15(20)18-16(22)17-12-7-3-2-4-8-12/h2-10H,1H3,(H2,17,18,20,22). The smallest absolute Gasteiger partial charge is 0.308 e. The molecule has 0 aromatic heterocycles. The van der Waals surface area contributed by atoms with Crippen LogP contribution in [0.4, 0.5) is 5.69 Å². The first-order chi connectivity index (χ1) is 10.6. The van der Waals surface area contributed by atoms with Crippen molar-refractivity contribution in [2.24, 2.45) is 0 Å². The number of ether oxygens (including phenoxy) is 1. The van der Waals surface area contributed by atoms with Crippen LogP contribution in [0.3, 0.4) is 0 Å². The van der Waals surface area contributed by atoms with Gasteiger partial charge in [-0.15, -0.1) is 0 Å². The molecule has 0 unspecified atom stereocenters. The lowest BCUT2D eigenvalue weighted by Gasteiger charge is -2.11. The molecule has 0 heterocycles. The summed E-state index contributed by atoms with van der Waals surface area (Å²) >= 11 is 5.09. The third kappa shape index (κ3) is 4.39. The molecule has 112 valence electrons. The Morgan fingerprint density at radius 2 is 1.64 bits per heavy atom. The van der Waals surface area contributed by atoms with E-state index in [2.05, 4.69) is 10.6 Å². The fraction of sp³-hybridized carbons (Fsp3) is 0.0625. The number of nitrogens with one attached hydrogen (secondary N) is 2. The predicted molar refractivity (Wildman–Crippen MR) is 87.9 cm³/mol. The van der Waals surface area contributed by atoms with E-state index in [4.69, 9.17) is 17.0 Å². The highest BCUT2D eigenvalue weighted by molar-refractivity contribution is 7.80. The minimum atomic E-state index is -0.495. The van der Waals surface area contributed by atoms with E-state index >= 15 is 0 Å². The molecule has 5 nitrogen and oxygen atoms in total. The molecule has 0 aliphatic heterocycles. The number of benzene rings is 2. The number of esters is 1. The van der Waals surface area contributed by atoms with Crippen molar-refractivity contribution in [1.29, 1.82) is 0 Å². The van der Waals surface area contributed by atoms with Crippen LogP contribution in [0.15, 0.2) is 54.6 Å². The van der Waals surface area contributed by atoms with Crippen molar-refractivity contribution in [3.63, 3.8) is 0 Å². The molecule has 22 heavy (non-hydrogen) atoms. The van der Waals surface area contributed by atoms with Crippen LogP contribution in [-0.4, -0.2) is 17.0 Å². The number of rotatable bonds is 3. The average Bonchev–Trinajstić information content (AvgIpc) is 2.48. The van der Waals surface area contributed by atoms with Crippen molar-refractivity contribution >= 4 is 34.9 Å². The molecule has 1 amide bonds. The third-order valence-electron chi connectivity index (χ3n) is 2.64. The molecular formula is C16H14N2O3S. The summed E-state index contributed by atoms with van der Waals surface area (Å²) < 4.78 is 5.00. The second-order valence-corrected chi connectivity index (χ2v) is 4.77. The summed E-state index contributed by atoms with van der Waals surface area (Å²) in [4.78, 5) is 23.3. The monoisotopic (exact) mass is 314 g/mol. The SMILES string of the molecule is CC(=O)Oc1ccccc1C(=O)NC(=S)Nc1ccccc1. The summed E-state index contributed by atoms with van der Waals surface area (Å²) in [5.74, 6) is -0.759. The number of amides is 1. The molecule has 6 heteroatoms. The van der Waals surface area contributed by atoms with Gasteiger partial charge < -0.3 is 10.1 Å². The van der Waals surface area contributed by atoms with E-state index in [1.54, 1.807) is 24.3 Å². The summed E-state index contributed by atoms with van der Waals surface area (Å²) in [6.07, 6.45) is 0. The first kappa shape index (κ1) is 15.7. The number of carbonyl (C=O) groups excluding carboxylic acids is 2. The molecule has 2 aromatic rings. The van der Waals surface area contributed by atoms with Crippen molar-refractivity contribution in [1.82, 2.24) is 5.32 Å². The van der Waals surface area contributed by atoms with Gasteiger partial charge in [0, 0.05) is 12.6 Å². The number of thiocarbonyl (C=S) groups is 1. The van der Waals surface area contributed by atoms with E-state index in [0.29, 0.717) is 0 Å². The molecule has 0 aliphatic carbocycles. The Balaban J connectivity index is 2.06. The highest BCUT2D eigenvalue weighted by atomic mass is 32.1. The van der Waals surface area contributed by atoms with E-state index in [-0.39, 0.29) is 16.4 Å². The van der Waals surface area contributed by atoms with Gasteiger partial charge in [-0.1, -0.05) is 30.3 Å². The molecular weight excluding hydrogens is 300 g/mol. The molecule has 2 N–H and O–H groups in total. The van der Waals surface area contributed by atoms with Gasteiger partial charge in [-0.05, 0) is 36.5 Å². The molecule has 0 saturated carbocycles. The van der Waals surface area contributed by atoms with Crippen LogP contribution in [0.2, 0.25) is 0 Å². The van der Waals surface area contributed by atoms with Crippen molar-refractivity contribution < 1.29 is 14.3 Å². The first-order valence-electron chi connectivity index (χ1n) is 6.51. The van der Waals surface area contributed by atoms with Gasteiger partial charge in [-0.25, -0.2) is 0 Å². The topological polar surface area (TPSA) is 67.4 Å². The maximum absolute atomic E-state index is 12.2. The third-order valence-corrected chi connectivity index (χ3v) is 2.85. The van der Waals surface area contributed by atoms with Gasteiger partial charge in [0.05, 0.1) is 5.56 Å². The zero-order valence-electron chi connectivity index (χ0n) is 11.8. The van der Waals surface area contributed by atoms with Crippen LogP contribution >= 0.6 is 12.2 Å². The van der Waals surface area contributed by atoms with E-state index in [1.807, 2.05) is 30.3 Å². The summed E-state index contributed by atoms with van der Waals surface area (Å²) in [7, 11) is 0. The van der Waals surface area contributed by atoms with E-state index in [1.165, 1.54) is 6.92 Å². The Morgan fingerprint density at radius 1 is 1.00 bits per heavy atom. The molecule has 0 aliphatic rings. The highest BCUT2D eigenvalue weighted by Crippen LogP contribution is 2.18. The average molecular weight is 314 g/mol. The van der Waals surface area contributed by atoms with E-state index in [9.17, 15) is 9.59 Å². The van der Waals surface area contributed by atoms with Crippen LogP contribution in [0, 0.1) is 0 Å². The summed E-state index contributed by atoms with van der Waals surface area (Å²) in [5, 5.41) is 5.60. The molecule has 2 aromatic carbocycles. The lowest BCUT2D eigenvalue weighted by atomic mass is 10.2. The Kier molecular flexibility index (Phi) is 5.21. The Bertz CT molecular complexity index is 702. The number of anilines is 1. The fourth-order valence-electron chi connectivity index (χ4n) is 1.75. The van der Waals surface area contributed by atoms with Crippen LogP contribution in [0.5, 0.6) is 5.75 Å². The van der Waals surface area contributed by atoms with Gasteiger partial charge in [0.15, 0.2) is 5.11 Å². The fourth-order valence-corrected chi connectivity index (χ4v) is 1.96. The Morgan fingerprint density at radius 3 is 2.32 bits per heavy atom. The number of hydrogen-bond donors (Lipinski definition) is 2. The lowest BCUT2D eigenvalue weighted by Crippen LogP contribution is -2.34. The molecule has 0 atom stereocenters. The van der Waals surface area contributed by atoms with Gasteiger partial charge in [0.1, 0.15) is 5.75 Å². The van der Waals surface area contributed by atoms with Crippen molar-refractivity contribution in [3.8, 4) is 5.75 Å². The second kappa shape index (κ2) is 7.33. The van der Waals surface area contributed by atoms with E-state index in [0.717, 1.165) is 5.69 Å². The molecule has 0 spiro atoms. The highest BCUT2D eigenvalue weighted by Gasteiger charge is 2.14. The predicted octanol–water partition coefficient (Wildman–Crippen LogP) is 2.74. The van der Waals surface area contributed by atoms with Crippen LogP contribution in [-0.2, 0) is 4.79 Å². The number of para-hydroxylation sites is 2. The van der Waals surface area contributed by atoms with Gasteiger partial charge in [-0.2, -0.15) is 0 Å². The minimum absolute atomic E-state index is 0.161. The summed E-state index contributed by atoms with van der Waals surface area (Å²) in [5.41, 5.74) is 0.996. The van der Waals surface area contributed by atoms with Crippen molar-refractivity contribution in [2.45, 2.75) is 6.92 Å². The van der Waals surface area contributed by atoms with Gasteiger partial charge in [0.25, 0.3) is 5.91 Å². The van der Waals surface area contributed by atoms with Gasteiger partial charge in [0.2, 0.25) is 0 Å². The maximum atomic E-state index is 12.2. The molecule has 2 rings (SSSR count). The lowest BCUT2D eigenvalue weighted by molar-refractivity contribution is -0.131. The molecule has 0 bridgehead atoms. The van der Waals surface area contributed by atoms with Crippen LogP contribution in [0.1, 0.15) is 17.3 Å². The summed E-state index contributed by atoms with van der Waals surface area (Å²) in [6.45, 7) is 1.27. The zero-order valence-corrected chi connectivity index (χ0v) is 12.6. The first-order valence-corrected chi connectivity index (χ1v) is 6.92. The van der Waals surface area contributed by atoms with Gasteiger partial charge in [-0.3, -0.25) is 14.9 Å². The largest absolute Gasteiger partial charge is 0.426 e. The van der Waals surface area contributed by atoms with Crippen molar-refractivity contribution in [2.75, 3.05) is 5.32 Å².